The summed E-state index contributed by atoms with van der Waals surface area (Å²) in [6, 6.07) is 5.59. The Morgan fingerprint density at radius 3 is 2.74 bits per heavy atom. The summed E-state index contributed by atoms with van der Waals surface area (Å²) in [6.45, 7) is 4.87. The Morgan fingerprint density at radius 1 is 1.17 bits per heavy atom. The van der Waals surface area contributed by atoms with Crippen molar-refractivity contribution in [2.45, 2.75) is 26.7 Å². The molecule has 0 N–H and O–H groups in total. The van der Waals surface area contributed by atoms with Crippen LogP contribution in [0.25, 0.3) is 0 Å². The fourth-order valence-corrected chi connectivity index (χ4v) is 2.45. The minimum atomic E-state index is 0.273. The van der Waals surface area contributed by atoms with E-state index in [0.29, 0.717) is 6.61 Å². The predicted octanol–water partition coefficient (Wildman–Crippen LogP) is 5.79. The van der Waals surface area contributed by atoms with Gasteiger partial charge in [-0.25, -0.2) is 0 Å². The van der Waals surface area contributed by atoms with Gasteiger partial charge in [-0.15, -0.1) is 0 Å². The highest BCUT2D eigenvalue weighted by atomic mass is 35.5. The number of hydrogen-bond acceptors (Lipinski definition) is 3. The highest BCUT2D eigenvalue weighted by Crippen LogP contribution is 2.35. The van der Waals surface area contributed by atoms with Gasteiger partial charge in [0.2, 0.25) is 6.79 Å². The van der Waals surface area contributed by atoms with Crippen molar-refractivity contribution in [3.8, 4) is 17.2 Å². The zero-order valence-corrected chi connectivity index (χ0v) is 14.8. The van der Waals surface area contributed by atoms with Crippen LogP contribution in [-0.2, 0) is 0 Å². The van der Waals surface area contributed by atoms with Crippen molar-refractivity contribution in [2.75, 3.05) is 13.4 Å². The van der Waals surface area contributed by atoms with Crippen molar-refractivity contribution >= 4 is 23.2 Å². The largest absolute Gasteiger partial charge is 0.489 e. The van der Waals surface area contributed by atoms with E-state index in [1.165, 1.54) is 5.57 Å². The maximum Gasteiger partial charge on any atom is 0.231 e. The highest BCUT2D eigenvalue weighted by Gasteiger charge is 2.13. The molecule has 1 aliphatic rings. The molecule has 0 bridgehead atoms. The van der Waals surface area contributed by atoms with Crippen LogP contribution in [0.4, 0.5) is 0 Å². The average molecular weight is 355 g/mol. The predicted molar refractivity (Wildman–Crippen MR) is 94.6 cm³/mol. The normalized spacial score (nSPS) is 13.9. The summed E-state index contributed by atoms with van der Waals surface area (Å²) in [6.07, 6.45) is 7.84. The Morgan fingerprint density at radius 2 is 1.96 bits per heavy atom. The van der Waals surface area contributed by atoms with Crippen LogP contribution >= 0.6 is 23.2 Å². The molecule has 23 heavy (non-hydrogen) atoms. The summed E-state index contributed by atoms with van der Waals surface area (Å²) in [5.74, 6) is 2.27. The third kappa shape index (κ3) is 6.20. The third-order valence-corrected chi connectivity index (χ3v) is 3.59. The molecule has 1 aromatic rings. The van der Waals surface area contributed by atoms with Gasteiger partial charge in [-0.2, -0.15) is 0 Å². The lowest BCUT2D eigenvalue weighted by Gasteiger charge is -2.05. The first-order valence-electron chi connectivity index (χ1n) is 7.42. The Balaban J connectivity index is 1.76. The van der Waals surface area contributed by atoms with E-state index in [0.717, 1.165) is 35.7 Å². The van der Waals surface area contributed by atoms with Crippen LogP contribution in [0, 0.1) is 0 Å². The van der Waals surface area contributed by atoms with Crippen LogP contribution < -0.4 is 14.2 Å². The van der Waals surface area contributed by atoms with Gasteiger partial charge in [-0.1, -0.05) is 40.4 Å². The molecule has 2 rings (SSSR count). The second-order valence-electron chi connectivity index (χ2n) is 5.30. The zero-order valence-electron chi connectivity index (χ0n) is 13.3. The Hall–Kier alpha value is -1.58. The molecule has 0 aromatic heterocycles. The lowest BCUT2D eigenvalue weighted by molar-refractivity contribution is 0.174. The second kappa shape index (κ2) is 8.90. The van der Waals surface area contributed by atoms with Gasteiger partial charge in [0, 0.05) is 6.07 Å². The Labute approximate surface area is 147 Å². The van der Waals surface area contributed by atoms with Crippen LogP contribution in [0.3, 0.4) is 0 Å². The summed E-state index contributed by atoms with van der Waals surface area (Å²) in [5.41, 5.74) is 2.34. The molecule has 0 unspecified atom stereocenters. The molecule has 1 aromatic carbocycles. The fourth-order valence-electron chi connectivity index (χ4n) is 2.11. The van der Waals surface area contributed by atoms with Crippen molar-refractivity contribution in [3.05, 3.63) is 52.1 Å². The maximum absolute atomic E-state index is 5.71. The van der Waals surface area contributed by atoms with Gasteiger partial charge in [0.05, 0.1) is 0 Å². The summed E-state index contributed by atoms with van der Waals surface area (Å²) in [7, 11) is 0. The lowest BCUT2D eigenvalue weighted by atomic mass is 10.1. The molecule has 124 valence electrons. The van der Waals surface area contributed by atoms with Crippen molar-refractivity contribution < 1.29 is 14.2 Å². The second-order valence-corrected chi connectivity index (χ2v) is 6.31. The number of ether oxygens (including phenoxy) is 3. The van der Waals surface area contributed by atoms with Crippen LogP contribution in [0.1, 0.15) is 26.7 Å². The topological polar surface area (TPSA) is 27.7 Å². The molecule has 0 amide bonds. The first kappa shape index (κ1) is 17.8. The standard InChI is InChI=1S/C18H20Cl2O3/c1-13(4-3-5-14(2)10-18(19)20)8-9-21-15-6-7-16-17(11-15)23-12-22-16/h5-8,10-11H,3-4,9,12H2,1-2H3. The lowest BCUT2D eigenvalue weighted by Crippen LogP contribution is -1.95. The number of halogens is 2. The number of rotatable bonds is 7. The van der Waals surface area contributed by atoms with Crippen molar-refractivity contribution in [2.24, 2.45) is 0 Å². The molecule has 0 aliphatic carbocycles. The molecule has 1 heterocycles. The molecular formula is C18H20Cl2O3. The highest BCUT2D eigenvalue weighted by molar-refractivity contribution is 6.56. The quantitative estimate of drug-likeness (QED) is 0.458. The minimum absolute atomic E-state index is 0.273. The van der Waals surface area contributed by atoms with Gasteiger partial charge in [-0.3, -0.25) is 0 Å². The van der Waals surface area contributed by atoms with Crippen molar-refractivity contribution in [1.82, 2.24) is 0 Å². The van der Waals surface area contributed by atoms with E-state index < -0.39 is 0 Å². The molecule has 3 nitrogen and oxygen atoms in total. The maximum atomic E-state index is 5.71. The number of fused-ring (bicyclic) bond motifs is 1. The van der Waals surface area contributed by atoms with Crippen LogP contribution in [0.2, 0.25) is 0 Å². The Kier molecular flexibility index (Phi) is 6.87. The van der Waals surface area contributed by atoms with Crippen LogP contribution in [0.5, 0.6) is 17.2 Å². The molecule has 0 spiro atoms. The summed E-state index contributed by atoms with van der Waals surface area (Å²) in [5, 5.41) is 0. The van der Waals surface area contributed by atoms with Gasteiger partial charge >= 0.3 is 0 Å². The van der Waals surface area contributed by atoms with Gasteiger partial charge < -0.3 is 14.2 Å². The molecule has 0 saturated heterocycles. The SMILES string of the molecule is CC(C=C(Cl)Cl)=CCCC(C)=CCOc1ccc2c(c1)OCO2. The molecule has 0 radical (unpaired) electrons. The van der Waals surface area contributed by atoms with Crippen molar-refractivity contribution in [3.63, 3.8) is 0 Å². The Bertz CT molecular complexity index is 629. The summed E-state index contributed by atoms with van der Waals surface area (Å²) in [4.78, 5) is 0. The monoisotopic (exact) mass is 354 g/mol. The summed E-state index contributed by atoms with van der Waals surface area (Å²) >= 11 is 11.2. The van der Waals surface area contributed by atoms with E-state index in [4.69, 9.17) is 37.4 Å². The van der Waals surface area contributed by atoms with E-state index in [1.54, 1.807) is 6.08 Å². The van der Waals surface area contributed by atoms with Gasteiger partial charge in [-0.05, 0) is 51.0 Å². The smallest absolute Gasteiger partial charge is 0.231 e. The molecule has 0 atom stereocenters. The van der Waals surface area contributed by atoms with E-state index in [-0.39, 0.29) is 11.3 Å². The molecule has 0 fully saturated rings. The average Bonchev–Trinajstić information content (AvgIpc) is 2.94. The molecular weight excluding hydrogens is 335 g/mol. The number of benzene rings is 1. The molecule has 1 aliphatic heterocycles. The molecule has 0 saturated carbocycles. The van der Waals surface area contributed by atoms with E-state index in [9.17, 15) is 0 Å². The fraction of sp³-hybridized carbons (Fsp3) is 0.333. The van der Waals surface area contributed by atoms with Crippen LogP contribution in [-0.4, -0.2) is 13.4 Å². The first-order chi connectivity index (χ1) is 11.0. The minimum Gasteiger partial charge on any atom is -0.489 e. The first-order valence-corrected chi connectivity index (χ1v) is 8.18. The third-order valence-electron chi connectivity index (χ3n) is 3.37. The van der Waals surface area contributed by atoms with Crippen LogP contribution in [0.15, 0.2) is 52.1 Å². The zero-order chi connectivity index (χ0) is 16.7. The van der Waals surface area contributed by atoms with E-state index >= 15 is 0 Å². The van der Waals surface area contributed by atoms with E-state index in [2.05, 4.69) is 19.1 Å². The summed E-state index contributed by atoms with van der Waals surface area (Å²) < 4.78 is 16.6. The number of allylic oxidation sites excluding steroid dienone is 4. The van der Waals surface area contributed by atoms with Gasteiger partial charge in [0.25, 0.3) is 0 Å². The number of hydrogen-bond donors (Lipinski definition) is 0. The van der Waals surface area contributed by atoms with Gasteiger partial charge in [0.15, 0.2) is 11.5 Å². The van der Waals surface area contributed by atoms with Gasteiger partial charge in [0.1, 0.15) is 16.8 Å². The van der Waals surface area contributed by atoms with Crippen molar-refractivity contribution in [1.29, 1.82) is 0 Å². The van der Waals surface area contributed by atoms with E-state index in [1.807, 2.05) is 25.1 Å². The molecule has 5 heteroatoms.